The molecule has 1 saturated carbocycles. The zero-order chi connectivity index (χ0) is 23.9. The first-order chi connectivity index (χ1) is 15.6. The SMILES string of the molecule is C=C1[C@@H](O)[C@]2(O)OC[C@@]34[C@H]1[C@@H](OC(=O)C(C)CCC)C(=O)O[C@@H]3Cc1c(C)ccc(C)c1[C@@H]24. The number of fused-ring (bicyclic) bond motifs is 1. The Morgan fingerprint density at radius 2 is 2.03 bits per heavy atom. The monoisotopic (exact) mass is 456 g/mol. The van der Waals surface area contributed by atoms with Gasteiger partial charge in [-0.15, -0.1) is 0 Å². The first-order valence-corrected chi connectivity index (χ1v) is 11.8. The van der Waals surface area contributed by atoms with Gasteiger partial charge < -0.3 is 24.4 Å². The number of hydrogen-bond acceptors (Lipinski definition) is 7. The highest BCUT2D eigenvalue weighted by Crippen LogP contribution is 2.69. The van der Waals surface area contributed by atoms with Crippen molar-refractivity contribution in [1.82, 2.24) is 0 Å². The standard InChI is InChI=1S/C26H32O7/c1-6-7-14(4)23(28)33-20-19-15(5)22(27)26(30)21-18-13(3)9-8-12(2)16(18)10-17(32-24(20)29)25(19,21)11-31-26/h8-9,14,17,19-22,27,30H,5-7,10-11H2,1-4H3/t14?,17-,19-,20-,21-,22-,25+,26-/m1/s1. The second-order valence-corrected chi connectivity index (χ2v) is 10.3. The molecule has 2 bridgehead atoms. The van der Waals surface area contributed by atoms with Crippen LogP contribution in [-0.2, 0) is 30.2 Å². The Kier molecular flexibility index (Phi) is 5.05. The Morgan fingerprint density at radius 3 is 2.73 bits per heavy atom. The summed E-state index contributed by atoms with van der Waals surface area (Å²) in [5.41, 5.74) is 3.30. The fraction of sp³-hybridized carbons (Fsp3) is 0.615. The zero-order valence-electron chi connectivity index (χ0n) is 19.6. The fourth-order valence-electron chi connectivity index (χ4n) is 6.85. The van der Waals surface area contributed by atoms with Gasteiger partial charge in [-0.1, -0.05) is 39.0 Å². The summed E-state index contributed by atoms with van der Waals surface area (Å²) >= 11 is 0. The Morgan fingerprint density at radius 1 is 1.33 bits per heavy atom. The van der Waals surface area contributed by atoms with Crippen molar-refractivity contribution in [3.05, 3.63) is 46.5 Å². The van der Waals surface area contributed by atoms with Crippen LogP contribution in [0.4, 0.5) is 0 Å². The van der Waals surface area contributed by atoms with Crippen LogP contribution in [0, 0.1) is 31.1 Å². The van der Waals surface area contributed by atoms with E-state index in [1.54, 1.807) is 6.92 Å². The topological polar surface area (TPSA) is 102 Å². The van der Waals surface area contributed by atoms with Crippen molar-refractivity contribution in [2.45, 2.75) is 77.0 Å². The molecule has 0 radical (unpaired) electrons. The quantitative estimate of drug-likeness (QED) is 0.530. The van der Waals surface area contributed by atoms with Gasteiger partial charge in [-0.2, -0.15) is 0 Å². The molecule has 4 aliphatic rings. The molecule has 178 valence electrons. The number of carbonyl (C=O) groups is 2. The van der Waals surface area contributed by atoms with Crippen LogP contribution in [0.2, 0.25) is 0 Å². The van der Waals surface area contributed by atoms with E-state index in [0.29, 0.717) is 12.8 Å². The number of ether oxygens (including phenoxy) is 3. The van der Waals surface area contributed by atoms with Gasteiger partial charge in [0.25, 0.3) is 0 Å². The van der Waals surface area contributed by atoms with Crippen LogP contribution in [0.25, 0.3) is 0 Å². The maximum atomic E-state index is 13.2. The van der Waals surface area contributed by atoms with Crippen molar-refractivity contribution < 1.29 is 34.0 Å². The van der Waals surface area contributed by atoms with Gasteiger partial charge in [0.1, 0.15) is 12.2 Å². The predicted molar refractivity (Wildman–Crippen MR) is 118 cm³/mol. The molecule has 1 aromatic rings. The van der Waals surface area contributed by atoms with Gasteiger partial charge in [-0.05, 0) is 48.1 Å². The highest BCUT2D eigenvalue weighted by molar-refractivity contribution is 5.82. The van der Waals surface area contributed by atoms with E-state index in [-0.39, 0.29) is 18.1 Å². The number of rotatable bonds is 4. The van der Waals surface area contributed by atoms with Crippen LogP contribution < -0.4 is 0 Å². The molecule has 7 nitrogen and oxygen atoms in total. The van der Waals surface area contributed by atoms with Crippen molar-refractivity contribution in [3.8, 4) is 0 Å². The molecule has 2 N–H and O–H groups in total. The first kappa shape index (κ1) is 22.6. The van der Waals surface area contributed by atoms with Gasteiger partial charge in [0.2, 0.25) is 11.9 Å². The van der Waals surface area contributed by atoms with Gasteiger partial charge in [0.15, 0.2) is 0 Å². The minimum atomic E-state index is -1.90. The Labute approximate surface area is 193 Å². The number of esters is 2. The Hall–Kier alpha value is -2.22. The molecule has 0 aromatic heterocycles. The van der Waals surface area contributed by atoms with Crippen LogP contribution in [0.3, 0.4) is 0 Å². The average molecular weight is 457 g/mol. The Bertz CT molecular complexity index is 1050. The van der Waals surface area contributed by atoms with Crippen LogP contribution >= 0.6 is 0 Å². The van der Waals surface area contributed by atoms with E-state index in [1.165, 1.54) is 0 Å². The molecule has 33 heavy (non-hydrogen) atoms. The largest absolute Gasteiger partial charge is 0.459 e. The third kappa shape index (κ3) is 2.79. The lowest BCUT2D eigenvalue weighted by molar-refractivity contribution is -0.247. The normalized spacial score (nSPS) is 39.4. The lowest BCUT2D eigenvalue weighted by atomic mass is 9.47. The zero-order valence-corrected chi connectivity index (χ0v) is 19.6. The average Bonchev–Trinajstić information content (AvgIpc) is 3.05. The van der Waals surface area contributed by atoms with Crippen molar-refractivity contribution in [1.29, 1.82) is 0 Å². The molecule has 1 spiro atoms. The minimum Gasteiger partial charge on any atom is -0.459 e. The van der Waals surface area contributed by atoms with Crippen molar-refractivity contribution in [3.63, 3.8) is 0 Å². The van der Waals surface area contributed by atoms with E-state index in [9.17, 15) is 19.8 Å². The van der Waals surface area contributed by atoms with Gasteiger partial charge in [-0.25, -0.2) is 4.79 Å². The second kappa shape index (κ2) is 7.39. The lowest BCUT2D eigenvalue weighted by Crippen LogP contribution is -2.69. The van der Waals surface area contributed by atoms with E-state index < -0.39 is 53.3 Å². The highest BCUT2D eigenvalue weighted by atomic mass is 16.7. The third-order valence-electron chi connectivity index (χ3n) is 8.47. The Balaban J connectivity index is 1.67. The summed E-state index contributed by atoms with van der Waals surface area (Å²) in [6.07, 6.45) is -1.35. The van der Waals surface area contributed by atoms with Gasteiger partial charge in [-0.3, -0.25) is 4.79 Å². The predicted octanol–water partition coefficient (Wildman–Crippen LogP) is 2.47. The van der Waals surface area contributed by atoms with Gasteiger partial charge >= 0.3 is 11.9 Å². The number of carbonyl (C=O) groups excluding carboxylic acids is 2. The van der Waals surface area contributed by atoms with E-state index in [2.05, 4.69) is 6.58 Å². The summed E-state index contributed by atoms with van der Waals surface area (Å²) in [5.74, 6) is -4.75. The third-order valence-corrected chi connectivity index (χ3v) is 8.47. The van der Waals surface area contributed by atoms with E-state index in [1.807, 2.05) is 32.9 Å². The number of hydrogen-bond donors (Lipinski definition) is 2. The second-order valence-electron chi connectivity index (χ2n) is 10.3. The van der Waals surface area contributed by atoms with Crippen LogP contribution in [0.1, 0.15) is 54.9 Å². The number of aliphatic hydroxyl groups excluding tert-OH is 1. The van der Waals surface area contributed by atoms with E-state index in [0.717, 1.165) is 28.7 Å². The minimum absolute atomic E-state index is 0.0677. The highest BCUT2D eigenvalue weighted by Gasteiger charge is 2.78. The van der Waals surface area contributed by atoms with Crippen LogP contribution in [-0.4, -0.2) is 52.9 Å². The molecule has 1 aromatic carbocycles. The van der Waals surface area contributed by atoms with E-state index in [4.69, 9.17) is 14.2 Å². The van der Waals surface area contributed by atoms with Crippen molar-refractivity contribution in [2.24, 2.45) is 17.3 Å². The maximum Gasteiger partial charge on any atom is 0.348 e. The number of aryl methyl sites for hydroxylation is 2. The van der Waals surface area contributed by atoms with Crippen LogP contribution in [0.5, 0.6) is 0 Å². The molecule has 2 saturated heterocycles. The molecule has 7 heteroatoms. The summed E-state index contributed by atoms with van der Waals surface area (Å²) in [4.78, 5) is 26.0. The molecule has 0 amide bonds. The molecule has 1 unspecified atom stereocenters. The first-order valence-electron chi connectivity index (χ1n) is 11.8. The van der Waals surface area contributed by atoms with Crippen molar-refractivity contribution in [2.75, 3.05) is 6.61 Å². The van der Waals surface area contributed by atoms with Crippen LogP contribution in [0.15, 0.2) is 24.3 Å². The summed E-state index contributed by atoms with van der Waals surface area (Å²) < 4.78 is 17.7. The lowest BCUT2D eigenvalue weighted by Gasteiger charge is -2.59. The molecular formula is C26H32O7. The van der Waals surface area contributed by atoms with E-state index >= 15 is 0 Å². The molecule has 5 rings (SSSR count). The smallest absolute Gasteiger partial charge is 0.348 e. The molecular weight excluding hydrogens is 424 g/mol. The van der Waals surface area contributed by atoms with Gasteiger partial charge in [0, 0.05) is 12.3 Å². The summed E-state index contributed by atoms with van der Waals surface area (Å²) in [5, 5.41) is 22.9. The van der Waals surface area contributed by atoms with Gasteiger partial charge in [0.05, 0.1) is 23.9 Å². The maximum absolute atomic E-state index is 13.2. The van der Waals surface area contributed by atoms with Crippen molar-refractivity contribution >= 4 is 11.9 Å². The fourth-order valence-corrected chi connectivity index (χ4v) is 6.85. The molecule has 2 heterocycles. The molecule has 2 aliphatic heterocycles. The summed E-state index contributed by atoms with van der Waals surface area (Å²) in [6, 6.07) is 4.01. The summed E-state index contributed by atoms with van der Waals surface area (Å²) in [7, 11) is 0. The molecule has 2 aliphatic carbocycles. The molecule has 8 atom stereocenters. The number of benzene rings is 1. The number of aliphatic hydroxyl groups is 2. The molecule has 3 fully saturated rings. The summed E-state index contributed by atoms with van der Waals surface area (Å²) in [6.45, 7) is 11.8.